The Morgan fingerprint density at radius 1 is 1.37 bits per heavy atom. The van der Waals surface area contributed by atoms with E-state index in [-0.39, 0.29) is 5.91 Å². The molecule has 0 aromatic carbocycles. The molecule has 1 N–H and O–H groups in total. The molecule has 0 radical (unpaired) electrons. The number of nitrogens with one attached hydrogen (secondary N) is 1. The van der Waals surface area contributed by atoms with Crippen LogP contribution in [0.2, 0.25) is 0 Å². The smallest absolute Gasteiger partial charge is 0.252 e. The van der Waals surface area contributed by atoms with Crippen LogP contribution in [0.3, 0.4) is 0 Å². The molecule has 2 rings (SSSR count). The molecule has 1 amide bonds. The van der Waals surface area contributed by atoms with E-state index < -0.39 is 0 Å². The van der Waals surface area contributed by atoms with Gasteiger partial charge in [-0.25, -0.2) is 0 Å². The summed E-state index contributed by atoms with van der Waals surface area (Å²) in [5.41, 5.74) is 1.64. The number of aromatic nitrogens is 1. The summed E-state index contributed by atoms with van der Waals surface area (Å²) in [4.78, 5) is 16.1. The Kier molecular flexibility index (Phi) is 5.20. The molecule has 1 aliphatic carbocycles. The van der Waals surface area contributed by atoms with Crippen LogP contribution in [0.25, 0.3) is 0 Å². The lowest BCUT2D eigenvalue weighted by molar-refractivity contribution is 0.0936. The summed E-state index contributed by atoms with van der Waals surface area (Å²) >= 11 is 6.01. The summed E-state index contributed by atoms with van der Waals surface area (Å²) < 4.78 is 0. The van der Waals surface area contributed by atoms with Gasteiger partial charge in [-0.05, 0) is 43.2 Å². The van der Waals surface area contributed by atoms with Crippen LogP contribution in [-0.4, -0.2) is 23.3 Å². The van der Waals surface area contributed by atoms with Crippen LogP contribution in [0.4, 0.5) is 0 Å². The van der Waals surface area contributed by atoms with Gasteiger partial charge in [-0.2, -0.15) is 0 Å². The van der Waals surface area contributed by atoms with Gasteiger partial charge >= 0.3 is 0 Å². The number of hydrogen-bond donors (Lipinski definition) is 1. The third kappa shape index (κ3) is 3.93. The zero-order valence-electron chi connectivity index (χ0n) is 11.4. The quantitative estimate of drug-likeness (QED) is 0.861. The predicted octanol–water partition coefficient (Wildman–Crippen LogP) is 3.17. The zero-order valence-corrected chi connectivity index (χ0v) is 12.1. The molecule has 0 saturated heterocycles. The second kappa shape index (κ2) is 6.90. The van der Waals surface area contributed by atoms with Gasteiger partial charge in [0.25, 0.3) is 5.91 Å². The van der Waals surface area contributed by atoms with Crippen LogP contribution in [0, 0.1) is 18.8 Å². The molecule has 1 aromatic heterocycles. The Balaban J connectivity index is 1.89. The van der Waals surface area contributed by atoms with E-state index >= 15 is 0 Å². The van der Waals surface area contributed by atoms with E-state index in [0.29, 0.717) is 23.3 Å². The van der Waals surface area contributed by atoms with Crippen molar-refractivity contribution in [1.82, 2.24) is 10.3 Å². The highest BCUT2D eigenvalue weighted by molar-refractivity contribution is 6.18. The largest absolute Gasteiger partial charge is 0.352 e. The molecular weight excluding hydrogens is 260 g/mol. The molecule has 19 heavy (non-hydrogen) atoms. The van der Waals surface area contributed by atoms with Gasteiger partial charge in [0, 0.05) is 24.8 Å². The SMILES string of the molecule is Cc1cncc(C(=O)NCC2CCCCC2CCl)c1. The summed E-state index contributed by atoms with van der Waals surface area (Å²) in [6.07, 6.45) is 8.24. The maximum absolute atomic E-state index is 12.1. The number of aryl methyl sites for hydroxylation is 1. The minimum Gasteiger partial charge on any atom is -0.352 e. The van der Waals surface area contributed by atoms with Crippen molar-refractivity contribution in [2.75, 3.05) is 12.4 Å². The van der Waals surface area contributed by atoms with Gasteiger partial charge < -0.3 is 5.32 Å². The molecule has 1 heterocycles. The van der Waals surface area contributed by atoms with Crippen molar-refractivity contribution in [3.63, 3.8) is 0 Å². The summed E-state index contributed by atoms with van der Waals surface area (Å²) in [7, 11) is 0. The Morgan fingerprint density at radius 3 is 2.79 bits per heavy atom. The van der Waals surface area contributed by atoms with Gasteiger partial charge in [0.05, 0.1) is 5.56 Å². The van der Waals surface area contributed by atoms with Gasteiger partial charge in [-0.1, -0.05) is 12.8 Å². The first kappa shape index (κ1) is 14.3. The van der Waals surface area contributed by atoms with Crippen molar-refractivity contribution in [3.8, 4) is 0 Å². The van der Waals surface area contributed by atoms with E-state index in [1.807, 2.05) is 13.0 Å². The van der Waals surface area contributed by atoms with Crippen LogP contribution in [0.1, 0.15) is 41.6 Å². The number of carbonyl (C=O) groups excluding carboxylic acids is 1. The molecule has 2 atom stereocenters. The van der Waals surface area contributed by atoms with Crippen LogP contribution in [0.5, 0.6) is 0 Å². The van der Waals surface area contributed by atoms with Crippen LogP contribution >= 0.6 is 11.6 Å². The average molecular weight is 281 g/mol. The Hall–Kier alpha value is -1.09. The molecule has 104 valence electrons. The Morgan fingerprint density at radius 2 is 2.11 bits per heavy atom. The third-order valence-corrected chi connectivity index (χ3v) is 4.32. The molecule has 0 spiro atoms. The van der Waals surface area contributed by atoms with E-state index in [2.05, 4.69) is 10.3 Å². The lowest BCUT2D eigenvalue weighted by Crippen LogP contribution is -2.34. The van der Waals surface area contributed by atoms with Crippen LogP contribution in [0.15, 0.2) is 18.5 Å². The number of pyridine rings is 1. The summed E-state index contributed by atoms with van der Waals surface area (Å²) in [6, 6.07) is 1.86. The molecule has 1 saturated carbocycles. The van der Waals surface area contributed by atoms with Crippen molar-refractivity contribution < 1.29 is 4.79 Å². The molecule has 1 aromatic rings. The summed E-state index contributed by atoms with van der Waals surface area (Å²) in [5, 5.41) is 3.02. The highest BCUT2D eigenvalue weighted by atomic mass is 35.5. The molecule has 1 fully saturated rings. The van der Waals surface area contributed by atoms with E-state index in [0.717, 1.165) is 12.1 Å². The fraction of sp³-hybridized carbons (Fsp3) is 0.600. The van der Waals surface area contributed by atoms with Crippen molar-refractivity contribution in [3.05, 3.63) is 29.6 Å². The van der Waals surface area contributed by atoms with Crippen molar-refractivity contribution in [2.24, 2.45) is 11.8 Å². The van der Waals surface area contributed by atoms with E-state index in [1.54, 1.807) is 12.4 Å². The van der Waals surface area contributed by atoms with Gasteiger partial charge in [0.2, 0.25) is 0 Å². The molecular formula is C15H21ClN2O. The standard InChI is InChI=1S/C15H21ClN2O/c1-11-6-14(9-17-8-11)15(19)18-10-13-5-3-2-4-12(13)7-16/h6,8-9,12-13H,2-5,7,10H2,1H3,(H,18,19). The predicted molar refractivity (Wildman–Crippen MR) is 77.5 cm³/mol. The molecule has 0 bridgehead atoms. The average Bonchev–Trinajstić information content (AvgIpc) is 2.45. The lowest BCUT2D eigenvalue weighted by Gasteiger charge is -2.30. The highest BCUT2D eigenvalue weighted by Crippen LogP contribution is 2.30. The van der Waals surface area contributed by atoms with Gasteiger partial charge in [0.1, 0.15) is 0 Å². The normalized spacial score (nSPS) is 23.1. The topological polar surface area (TPSA) is 42.0 Å². The number of halogens is 1. The Bertz CT molecular complexity index is 436. The molecule has 4 heteroatoms. The van der Waals surface area contributed by atoms with E-state index in [1.165, 1.54) is 25.7 Å². The molecule has 3 nitrogen and oxygen atoms in total. The van der Waals surface area contributed by atoms with Crippen molar-refractivity contribution in [2.45, 2.75) is 32.6 Å². The number of hydrogen-bond acceptors (Lipinski definition) is 2. The number of nitrogens with zero attached hydrogens (tertiary/aromatic N) is 1. The molecule has 2 unspecified atom stereocenters. The number of alkyl halides is 1. The third-order valence-electron chi connectivity index (χ3n) is 3.93. The van der Waals surface area contributed by atoms with Crippen molar-refractivity contribution in [1.29, 1.82) is 0 Å². The van der Waals surface area contributed by atoms with Crippen LogP contribution < -0.4 is 5.32 Å². The number of amides is 1. The maximum atomic E-state index is 12.1. The van der Waals surface area contributed by atoms with E-state index in [4.69, 9.17) is 11.6 Å². The van der Waals surface area contributed by atoms with Gasteiger partial charge in [-0.3, -0.25) is 9.78 Å². The summed E-state index contributed by atoms with van der Waals surface area (Å²) in [6.45, 7) is 2.67. The second-order valence-corrected chi connectivity index (χ2v) is 5.73. The number of rotatable bonds is 4. The minimum absolute atomic E-state index is 0.0323. The second-order valence-electron chi connectivity index (χ2n) is 5.42. The Labute approximate surface area is 119 Å². The fourth-order valence-electron chi connectivity index (χ4n) is 2.76. The van der Waals surface area contributed by atoms with Gasteiger partial charge in [0.15, 0.2) is 0 Å². The van der Waals surface area contributed by atoms with E-state index in [9.17, 15) is 4.79 Å². The highest BCUT2D eigenvalue weighted by Gasteiger charge is 2.24. The monoisotopic (exact) mass is 280 g/mol. The summed E-state index contributed by atoms with van der Waals surface area (Å²) in [5.74, 6) is 1.74. The molecule has 0 aliphatic heterocycles. The fourth-order valence-corrected chi connectivity index (χ4v) is 3.17. The maximum Gasteiger partial charge on any atom is 0.252 e. The first-order valence-corrected chi connectivity index (χ1v) is 7.50. The zero-order chi connectivity index (χ0) is 13.7. The first-order chi connectivity index (χ1) is 9.20. The first-order valence-electron chi connectivity index (χ1n) is 6.96. The van der Waals surface area contributed by atoms with Crippen molar-refractivity contribution >= 4 is 17.5 Å². The minimum atomic E-state index is -0.0323. The molecule has 1 aliphatic rings. The van der Waals surface area contributed by atoms with Crippen LogP contribution in [-0.2, 0) is 0 Å². The lowest BCUT2D eigenvalue weighted by atomic mass is 9.80. The van der Waals surface area contributed by atoms with Gasteiger partial charge in [-0.15, -0.1) is 11.6 Å². The number of carbonyl (C=O) groups is 1.